The van der Waals surface area contributed by atoms with Crippen LogP contribution in [-0.4, -0.2) is 54.8 Å². The van der Waals surface area contributed by atoms with E-state index in [1.54, 1.807) is 19.5 Å². The van der Waals surface area contributed by atoms with Crippen molar-refractivity contribution in [2.45, 2.75) is 50.5 Å². The number of hydrogen-bond acceptors (Lipinski definition) is 5. The highest BCUT2D eigenvalue weighted by molar-refractivity contribution is 5.76. The predicted molar refractivity (Wildman–Crippen MR) is 123 cm³/mol. The van der Waals surface area contributed by atoms with Crippen molar-refractivity contribution in [1.29, 1.82) is 0 Å². The summed E-state index contributed by atoms with van der Waals surface area (Å²) in [5.74, 6) is 2.58. The van der Waals surface area contributed by atoms with Gasteiger partial charge in [-0.2, -0.15) is 0 Å². The van der Waals surface area contributed by atoms with Gasteiger partial charge >= 0.3 is 0 Å². The number of likely N-dealkylation sites (tertiary alicyclic amines) is 1. The van der Waals surface area contributed by atoms with Crippen molar-refractivity contribution in [2.24, 2.45) is 5.92 Å². The van der Waals surface area contributed by atoms with Gasteiger partial charge in [0.25, 0.3) is 0 Å². The summed E-state index contributed by atoms with van der Waals surface area (Å²) < 4.78 is 17.3. The van der Waals surface area contributed by atoms with Crippen molar-refractivity contribution in [1.82, 2.24) is 9.88 Å². The molecule has 1 unspecified atom stereocenters. The number of carbonyl (C=O) groups is 1. The van der Waals surface area contributed by atoms with Crippen LogP contribution in [0, 0.1) is 5.92 Å². The van der Waals surface area contributed by atoms with E-state index in [0.29, 0.717) is 12.3 Å². The lowest BCUT2D eigenvalue weighted by Crippen LogP contribution is -2.51. The average Bonchev–Trinajstić information content (AvgIpc) is 2.84. The molecule has 1 amide bonds. The van der Waals surface area contributed by atoms with E-state index in [1.165, 1.54) is 5.56 Å². The number of piperidine rings is 1. The Morgan fingerprint density at radius 2 is 1.88 bits per heavy atom. The molecule has 172 valence electrons. The molecule has 0 radical (unpaired) electrons. The first kappa shape index (κ1) is 22.6. The van der Waals surface area contributed by atoms with Gasteiger partial charge in [-0.3, -0.25) is 9.78 Å². The highest BCUT2D eigenvalue weighted by atomic mass is 16.5. The topological polar surface area (TPSA) is 60.9 Å². The van der Waals surface area contributed by atoms with Gasteiger partial charge in [-0.1, -0.05) is 12.1 Å². The summed E-state index contributed by atoms with van der Waals surface area (Å²) in [6.07, 6.45) is 9.89. The number of amides is 1. The molecule has 32 heavy (non-hydrogen) atoms. The van der Waals surface area contributed by atoms with E-state index in [1.807, 2.05) is 41.3 Å². The van der Waals surface area contributed by atoms with Gasteiger partial charge in [0.05, 0.1) is 19.3 Å². The van der Waals surface area contributed by atoms with Crippen molar-refractivity contribution in [3.63, 3.8) is 0 Å². The van der Waals surface area contributed by atoms with Gasteiger partial charge in [-0.05, 0) is 74.3 Å². The summed E-state index contributed by atoms with van der Waals surface area (Å²) in [6, 6.07) is 11.8. The highest BCUT2D eigenvalue weighted by Gasteiger charge is 2.40. The van der Waals surface area contributed by atoms with Crippen LogP contribution in [0.5, 0.6) is 11.5 Å². The number of rotatable bonds is 8. The molecule has 2 aliphatic heterocycles. The molecule has 0 saturated carbocycles. The monoisotopic (exact) mass is 438 g/mol. The lowest BCUT2D eigenvalue weighted by atomic mass is 9.78. The molecule has 1 aromatic heterocycles. The second kappa shape index (κ2) is 10.8. The third-order valence-corrected chi connectivity index (χ3v) is 6.85. The van der Waals surface area contributed by atoms with Gasteiger partial charge in [0.1, 0.15) is 11.5 Å². The standard InChI is InChI=1S/C26H34N2O4/c1-30-23-5-2-21(3-6-23)4-7-25(29)28-16-12-26(13-17-28)20-22(11-19-32-26)10-18-31-24-8-14-27-15-9-24/h2-3,5-6,8-9,14-15,22H,4,7,10-13,16-20H2,1H3. The first-order chi connectivity index (χ1) is 15.7. The Balaban J connectivity index is 1.19. The Hall–Kier alpha value is -2.60. The fourth-order valence-electron chi connectivity index (χ4n) is 4.87. The van der Waals surface area contributed by atoms with Crippen molar-refractivity contribution < 1.29 is 19.0 Å². The molecule has 3 heterocycles. The molecule has 0 bridgehead atoms. The number of pyridine rings is 1. The molecule has 4 rings (SSSR count). The fraction of sp³-hybridized carbons (Fsp3) is 0.538. The molecule has 1 spiro atoms. The molecule has 6 heteroatoms. The van der Waals surface area contributed by atoms with Crippen LogP contribution in [0.1, 0.15) is 44.1 Å². The molecular formula is C26H34N2O4. The van der Waals surface area contributed by atoms with Crippen LogP contribution in [0.4, 0.5) is 0 Å². The van der Waals surface area contributed by atoms with Crippen LogP contribution in [0.2, 0.25) is 0 Å². The van der Waals surface area contributed by atoms with E-state index in [4.69, 9.17) is 14.2 Å². The van der Waals surface area contributed by atoms with Gasteiger partial charge in [0.15, 0.2) is 0 Å². The van der Waals surface area contributed by atoms with E-state index in [0.717, 1.165) is 76.3 Å². The molecule has 1 aromatic carbocycles. The third-order valence-electron chi connectivity index (χ3n) is 6.85. The number of aromatic nitrogens is 1. The summed E-state index contributed by atoms with van der Waals surface area (Å²) in [6.45, 7) is 3.12. The Morgan fingerprint density at radius 3 is 2.59 bits per heavy atom. The van der Waals surface area contributed by atoms with E-state index >= 15 is 0 Å². The highest BCUT2D eigenvalue weighted by Crippen LogP contribution is 2.39. The SMILES string of the molecule is COc1ccc(CCC(=O)N2CCC3(CC2)CC(CCOc2ccncc2)CCO3)cc1. The third kappa shape index (κ3) is 6.00. The van der Waals surface area contributed by atoms with Crippen LogP contribution in [-0.2, 0) is 16.0 Å². The van der Waals surface area contributed by atoms with Gasteiger partial charge in [0, 0.05) is 38.5 Å². The minimum atomic E-state index is -0.0631. The molecule has 1 atom stereocenters. The Bertz CT molecular complexity index is 848. The molecule has 0 N–H and O–H groups in total. The normalized spacial score (nSPS) is 20.2. The fourth-order valence-corrected chi connectivity index (χ4v) is 4.87. The number of benzene rings is 1. The predicted octanol–water partition coefficient (Wildman–Crippen LogP) is 4.28. The van der Waals surface area contributed by atoms with Crippen LogP contribution >= 0.6 is 0 Å². The molecule has 2 fully saturated rings. The first-order valence-corrected chi connectivity index (χ1v) is 11.7. The molecule has 2 saturated heterocycles. The zero-order valence-electron chi connectivity index (χ0n) is 19.0. The molecule has 0 aliphatic carbocycles. The van der Waals surface area contributed by atoms with E-state index in [9.17, 15) is 4.79 Å². The lowest BCUT2D eigenvalue weighted by molar-refractivity contribution is -0.147. The van der Waals surface area contributed by atoms with Crippen molar-refractivity contribution >= 4 is 5.91 Å². The maximum absolute atomic E-state index is 12.7. The van der Waals surface area contributed by atoms with Crippen molar-refractivity contribution in [2.75, 3.05) is 33.4 Å². The van der Waals surface area contributed by atoms with Crippen LogP contribution < -0.4 is 9.47 Å². The minimum absolute atomic E-state index is 0.0631. The smallest absolute Gasteiger partial charge is 0.222 e. The Kier molecular flexibility index (Phi) is 7.63. The van der Waals surface area contributed by atoms with E-state index < -0.39 is 0 Å². The zero-order valence-corrected chi connectivity index (χ0v) is 19.0. The Morgan fingerprint density at radius 1 is 1.12 bits per heavy atom. The van der Waals surface area contributed by atoms with E-state index in [2.05, 4.69) is 4.98 Å². The lowest BCUT2D eigenvalue weighted by Gasteiger charge is -2.46. The summed E-state index contributed by atoms with van der Waals surface area (Å²) in [4.78, 5) is 18.8. The average molecular weight is 439 g/mol. The van der Waals surface area contributed by atoms with Crippen molar-refractivity contribution in [3.8, 4) is 11.5 Å². The van der Waals surface area contributed by atoms with Crippen LogP contribution in [0.25, 0.3) is 0 Å². The summed E-state index contributed by atoms with van der Waals surface area (Å²) in [7, 11) is 1.66. The summed E-state index contributed by atoms with van der Waals surface area (Å²) in [5, 5.41) is 0. The molecule has 2 aliphatic rings. The maximum atomic E-state index is 12.7. The largest absolute Gasteiger partial charge is 0.497 e. The Labute approximate surface area is 190 Å². The number of ether oxygens (including phenoxy) is 3. The quantitative estimate of drug-likeness (QED) is 0.616. The maximum Gasteiger partial charge on any atom is 0.222 e. The van der Waals surface area contributed by atoms with Gasteiger partial charge < -0.3 is 19.1 Å². The molecule has 2 aromatic rings. The summed E-state index contributed by atoms with van der Waals surface area (Å²) >= 11 is 0. The van der Waals surface area contributed by atoms with Crippen LogP contribution in [0.15, 0.2) is 48.8 Å². The van der Waals surface area contributed by atoms with Crippen molar-refractivity contribution in [3.05, 3.63) is 54.4 Å². The molecule has 6 nitrogen and oxygen atoms in total. The first-order valence-electron chi connectivity index (χ1n) is 11.7. The van der Waals surface area contributed by atoms with Gasteiger partial charge in [-0.25, -0.2) is 0 Å². The van der Waals surface area contributed by atoms with E-state index in [-0.39, 0.29) is 11.5 Å². The molecular weight excluding hydrogens is 404 g/mol. The van der Waals surface area contributed by atoms with Crippen LogP contribution in [0.3, 0.4) is 0 Å². The number of nitrogens with zero attached hydrogens (tertiary/aromatic N) is 2. The number of methoxy groups -OCH3 is 1. The summed E-state index contributed by atoms with van der Waals surface area (Å²) in [5.41, 5.74) is 1.10. The zero-order chi connectivity index (χ0) is 22.2. The number of carbonyl (C=O) groups excluding carboxylic acids is 1. The minimum Gasteiger partial charge on any atom is -0.497 e. The second-order valence-corrected chi connectivity index (χ2v) is 8.94. The second-order valence-electron chi connectivity index (χ2n) is 8.94. The van der Waals surface area contributed by atoms with Gasteiger partial charge in [0.2, 0.25) is 5.91 Å². The number of hydrogen-bond donors (Lipinski definition) is 0. The van der Waals surface area contributed by atoms with Gasteiger partial charge in [-0.15, -0.1) is 0 Å². The number of aryl methyl sites for hydroxylation is 1.